The predicted octanol–water partition coefficient (Wildman–Crippen LogP) is 1.73. The van der Waals surface area contributed by atoms with Crippen LogP contribution in [0.4, 0.5) is 0 Å². The molecule has 1 aromatic rings. The minimum Gasteiger partial charge on any atom is -0.481 e. The van der Waals surface area contributed by atoms with E-state index < -0.39 is 36.4 Å². The molecule has 1 aromatic carbocycles. The fourth-order valence-corrected chi connectivity index (χ4v) is 3.53. The van der Waals surface area contributed by atoms with Crippen LogP contribution in [-0.2, 0) is 23.9 Å². The molecule has 32 heavy (non-hydrogen) atoms. The predicted molar refractivity (Wildman–Crippen MR) is 119 cm³/mol. The van der Waals surface area contributed by atoms with Crippen molar-refractivity contribution in [2.24, 2.45) is 0 Å². The first-order valence-corrected chi connectivity index (χ1v) is 10.8. The number of hydrogen-bond acceptors (Lipinski definition) is 8. The molecular weight excluding hydrogens is 442 g/mol. The SMILES string of the molecule is CCCOC(=O)C(SCCN(C)C)c1ccccc1.O=C(O)CC(O)(CC(=O)O)C(=O)O. The van der Waals surface area contributed by atoms with Crippen LogP contribution in [0.15, 0.2) is 30.3 Å². The third-order valence-corrected chi connectivity index (χ3v) is 5.09. The van der Waals surface area contributed by atoms with E-state index in [0.717, 1.165) is 24.3 Å². The van der Waals surface area contributed by atoms with Crippen LogP contribution in [0.5, 0.6) is 0 Å². The molecule has 0 aliphatic carbocycles. The van der Waals surface area contributed by atoms with Gasteiger partial charge in [-0.2, -0.15) is 0 Å². The highest BCUT2D eigenvalue weighted by Crippen LogP contribution is 2.30. The van der Waals surface area contributed by atoms with Crippen molar-refractivity contribution in [2.45, 2.75) is 37.0 Å². The van der Waals surface area contributed by atoms with E-state index in [0.29, 0.717) is 6.61 Å². The lowest BCUT2D eigenvalue weighted by Gasteiger charge is -2.18. The zero-order valence-electron chi connectivity index (χ0n) is 18.4. The highest BCUT2D eigenvalue weighted by molar-refractivity contribution is 8.00. The zero-order chi connectivity index (χ0) is 24.7. The van der Waals surface area contributed by atoms with Gasteiger partial charge in [0.1, 0.15) is 5.25 Å². The summed E-state index contributed by atoms with van der Waals surface area (Å²) >= 11 is 1.65. The van der Waals surface area contributed by atoms with Gasteiger partial charge in [0.15, 0.2) is 5.60 Å². The van der Waals surface area contributed by atoms with Gasteiger partial charge in [0, 0.05) is 12.3 Å². The molecular formula is C21H31NO9S. The number of benzene rings is 1. The van der Waals surface area contributed by atoms with Crippen molar-refractivity contribution in [3.8, 4) is 0 Å². The highest BCUT2D eigenvalue weighted by atomic mass is 32.2. The third kappa shape index (κ3) is 12.3. The molecule has 1 atom stereocenters. The Balaban J connectivity index is 0.000000649. The van der Waals surface area contributed by atoms with E-state index in [1.165, 1.54) is 0 Å². The van der Waals surface area contributed by atoms with Gasteiger partial charge in [-0.3, -0.25) is 14.4 Å². The average molecular weight is 474 g/mol. The van der Waals surface area contributed by atoms with Crippen LogP contribution in [0.3, 0.4) is 0 Å². The Morgan fingerprint density at radius 1 is 1.03 bits per heavy atom. The maximum absolute atomic E-state index is 12.1. The molecule has 0 bridgehead atoms. The van der Waals surface area contributed by atoms with Crippen molar-refractivity contribution in [3.63, 3.8) is 0 Å². The van der Waals surface area contributed by atoms with Crippen molar-refractivity contribution in [1.29, 1.82) is 0 Å². The summed E-state index contributed by atoms with van der Waals surface area (Å²) in [6.45, 7) is 3.45. The van der Waals surface area contributed by atoms with Gasteiger partial charge in [0.25, 0.3) is 0 Å². The molecule has 180 valence electrons. The Bertz CT molecular complexity index is 724. The van der Waals surface area contributed by atoms with Crippen LogP contribution in [0, 0.1) is 0 Å². The molecule has 0 saturated carbocycles. The Morgan fingerprint density at radius 3 is 1.97 bits per heavy atom. The van der Waals surface area contributed by atoms with Gasteiger partial charge in [0.2, 0.25) is 0 Å². The lowest BCUT2D eigenvalue weighted by atomic mass is 9.96. The van der Waals surface area contributed by atoms with Crippen LogP contribution in [0.1, 0.15) is 37.0 Å². The number of hydrogen-bond donors (Lipinski definition) is 4. The van der Waals surface area contributed by atoms with Gasteiger partial charge in [-0.05, 0) is 26.1 Å². The lowest BCUT2D eigenvalue weighted by molar-refractivity contribution is -0.170. The highest BCUT2D eigenvalue weighted by Gasteiger charge is 2.40. The second-order valence-corrected chi connectivity index (χ2v) is 8.32. The van der Waals surface area contributed by atoms with Gasteiger partial charge in [-0.15, -0.1) is 11.8 Å². The topological polar surface area (TPSA) is 162 Å². The minimum atomic E-state index is -2.74. The molecule has 4 N–H and O–H groups in total. The molecule has 0 aromatic heterocycles. The number of aliphatic carboxylic acids is 3. The number of rotatable bonds is 13. The Labute approximate surface area is 191 Å². The maximum atomic E-state index is 12.1. The molecule has 0 fully saturated rings. The molecule has 0 amide bonds. The van der Waals surface area contributed by atoms with Gasteiger partial charge < -0.3 is 30.1 Å². The molecule has 10 nitrogen and oxygen atoms in total. The number of thioether (sulfide) groups is 1. The first kappa shape index (κ1) is 29.4. The minimum absolute atomic E-state index is 0.128. The van der Waals surface area contributed by atoms with Crippen LogP contribution in [0.25, 0.3) is 0 Å². The zero-order valence-corrected chi connectivity index (χ0v) is 19.2. The maximum Gasteiger partial charge on any atom is 0.336 e. The molecule has 0 saturated heterocycles. The van der Waals surface area contributed by atoms with E-state index in [-0.39, 0.29) is 11.2 Å². The van der Waals surface area contributed by atoms with Crippen molar-refractivity contribution < 1.29 is 44.3 Å². The van der Waals surface area contributed by atoms with E-state index in [1.54, 1.807) is 11.8 Å². The van der Waals surface area contributed by atoms with Crippen molar-refractivity contribution in [1.82, 2.24) is 4.90 Å². The standard InChI is InChI=1S/C15H23NO2S.C6H8O7/c1-4-11-18-15(17)14(19-12-10-16(2)3)13-8-6-5-7-9-13;7-3(8)1-6(13,5(11)12)2-4(9)10/h5-9,14H,4,10-12H2,1-3H3;13H,1-2H2,(H,7,8)(H,9,10)(H,11,12). The van der Waals surface area contributed by atoms with E-state index in [4.69, 9.17) is 25.2 Å². The van der Waals surface area contributed by atoms with Crippen molar-refractivity contribution in [3.05, 3.63) is 35.9 Å². The molecule has 0 spiro atoms. The summed E-state index contributed by atoms with van der Waals surface area (Å²) in [4.78, 5) is 44.7. The largest absolute Gasteiger partial charge is 0.481 e. The van der Waals surface area contributed by atoms with Gasteiger partial charge in [-0.25, -0.2) is 4.79 Å². The summed E-state index contributed by atoms with van der Waals surface area (Å²) in [5.41, 5.74) is -1.72. The first-order chi connectivity index (χ1) is 14.9. The molecule has 0 aliphatic rings. The summed E-state index contributed by atoms with van der Waals surface area (Å²) in [7, 11) is 4.07. The second kappa shape index (κ2) is 15.2. The molecule has 0 radical (unpaired) electrons. The fraction of sp³-hybridized carbons (Fsp3) is 0.524. The van der Waals surface area contributed by atoms with Crippen LogP contribution in [-0.4, -0.2) is 87.8 Å². The Hall–Kier alpha value is -2.63. The molecule has 0 aliphatic heterocycles. The van der Waals surface area contributed by atoms with Gasteiger partial charge >= 0.3 is 23.9 Å². The number of aliphatic hydroxyl groups is 1. The van der Waals surface area contributed by atoms with Crippen molar-refractivity contribution in [2.75, 3.05) is 33.0 Å². The van der Waals surface area contributed by atoms with Crippen LogP contribution < -0.4 is 0 Å². The van der Waals surface area contributed by atoms with Crippen molar-refractivity contribution >= 4 is 35.6 Å². The summed E-state index contributed by atoms with van der Waals surface area (Å²) in [6.07, 6.45) is -1.43. The van der Waals surface area contributed by atoms with Gasteiger partial charge in [-0.1, -0.05) is 37.3 Å². The van der Waals surface area contributed by atoms with E-state index in [1.807, 2.05) is 51.4 Å². The molecule has 0 heterocycles. The number of carboxylic acid groups (broad SMARTS) is 3. The van der Waals surface area contributed by atoms with Gasteiger partial charge in [0.05, 0.1) is 19.4 Å². The summed E-state index contributed by atoms with van der Waals surface area (Å²) in [5.74, 6) is -4.24. The molecule has 11 heteroatoms. The smallest absolute Gasteiger partial charge is 0.336 e. The quantitative estimate of drug-likeness (QED) is 0.309. The molecule has 1 unspecified atom stereocenters. The van der Waals surface area contributed by atoms with E-state index in [9.17, 15) is 19.2 Å². The third-order valence-electron chi connectivity index (χ3n) is 3.87. The summed E-state index contributed by atoms with van der Waals surface area (Å²) < 4.78 is 5.29. The van der Waals surface area contributed by atoms with Crippen LogP contribution in [0.2, 0.25) is 0 Å². The number of carboxylic acids is 3. The fourth-order valence-electron chi connectivity index (χ4n) is 2.27. The normalized spacial score (nSPS) is 11.8. The average Bonchev–Trinajstić information content (AvgIpc) is 2.69. The van der Waals surface area contributed by atoms with E-state index >= 15 is 0 Å². The molecule has 1 rings (SSSR count). The second-order valence-electron chi connectivity index (χ2n) is 7.11. The number of carbonyl (C=O) groups excluding carboxylic acids is 1. The number of esters is 1. The Morgan fingerprint density at radius 2 is 1.56 bits per heavy atom. The summed E-state index contributed by atoms with van der Waals surface area (Å²) in [5, 5.41) is 33.6. The Kier molecular flexibility index (Phi) is 14.0. The summed E-state index contributed by atoms with van der Waals surface area (Å²) in [6, 6.07) is 9.85. The van der Waals surface area contributed by atoms with Crippen LogP contribution >= 0.6 is 11.8 Å². The first-order valence-electron chi connectivity index (χ1n) is 9.80. The number of ether oxygens (including phenoxy) is 1. The van der Waals surface area contributed by atoms with E-state index in [2.05, 4.69) is 4.90 Å². The lowest BCUT2D eigenvalue weighted by Crippen LogP contribution is -2.42. The monoisotopic (exact) mass is 473 g/mol. The number of carbonyl (C=O) groups is 4. The number of nitrogens with zero attached hydrogens (tertiary/aromatic N) is 1.